The molecule has 64 heavy (non-hydrogen) atoms. The van der Waals surface area contributed by atoms with Crippen molar-refractivity contribution in [1.29, 1.82) is 0 Å². The first-order valence-corrected chi connectivity index (χ1v) is 21.6. The van der Waals surface area contributed by atoms with Gasteiger partial charge in [0.2, 0.25) is 11.8 Å². The monoisotopic (exact) mass is 940 g/mol. The standard InChI is InChI=1S/2C18H17F3N6O4S/c2*19-14-2-1-3-22-17(14)13(10-28)18(29)25-5-11-6-27(24-15(11)8-25)32(30,31)12-4-23-26(7-12)9-16(20)21/h2*1-4,6-7,13,16,28H,5,8-10H2/t2*13-/m10/s1. The van der Waals surface area contributed by atoms with Crippen molar-refractivity contribution in [3.8, 4) is 0 Å². The summed E-state index contributed by atoms with van der Waals surface area (Å²) in [5, 5.41) is 34.5. The molecule has 6 aromatic rings. The Kier molecular flexibility index (Phi) is 13.0. The molecule has 8 rings (SSSR count). The predicted molar refractivity (Wildman–Crippen MR) is 203 cm³/mol. The summed E-state index contributed by atoms with van der Waals surface area (Å²) in [7, 11) is -8.33. The number of carbonyl (C=O) groups excluding carboxylic acids is 2. The van der Waals surface area contributed by atoms with Crippen LogP contribution in [-0.2, 0) is 68.9 Å². The highest BCUT2D eigenvalue weighted by Gasteiger charge is 2.37. The van der Waals surface area contributed by atoms with Gasteiger partial charge in [-0.1, -0.05) is 0 Å². The lowest BCUT2D eigenvalue weighted by Crippen LogP contribution is -2.34. The van der Waals surface area contributed by atoms with Gasteiger partial charge < -0.3 is 20.0 Å². The second-order valence-corrected chi connectivity index (χ2v) is 17.7. The second kappa shape index (κ2) is 18.3. The highest BCUT2D eigenvalue weighted by Crippen LogP contribution is 2.30. The average molecular weight is 941 g/mol. The molecule has 2 aliphatic heterocycles. The van der Waals surface area contributed by atoms with Gasteiger partial charge in [-0.2, -0.15) is 45.4 Å². The molecule has 0 saturated carbocycles. The molecule has 0 aromatic carbocycles. The number of aliphatic hydroxyl groups is 2. The SMILES string of the molecule is O=C([C@@H](CO)c1ncccc1F)N1Cc2cn(S(=O)(=O)c3cnn(CC(F)F)c3)nc2C1.O=C([C@H](CO)c1ncccc1F)N1Cc2cn(S(=O)(=O)c3cnn(CC(F)F)c3)nc2C1. The quantitative estimate of drug-likeness (QED) is 0.147. The van der Waals surface area contributed by atoms with Gasteiger partial charge in [-0.3, -0.25) is 28.9 Å². The first kappa shape index (κ1) is 45.5. The van der Waals surface area contributed by atoms with Crippen molar-refractivity contribution in [3.63, 3.8) is 0 Å². The number of alkyl halides is 4. The van der Waals surface area contributed by atoms with Crippen molar-refractivity contribution >= 4 is 31.9 Å². The van der Waals surface area contributed by atoms with E-state index in [9.17, 15) is 63.0 Å². The van der Waals surface area contributed by atoms with Crippen LogP contribution in [0.3, 0.4) is 0 Å². The number of pyridine rings is 2. The van der Waals surface area contributed by atoms with E-state index >= 15 is 0 Å². The van der Waals surface area contributed by atoms with Gasteiger partial charge in [-0.25, -0.2) is 26.3 Å². The molecule has 2 amide bonds. The number of rotatable bonds is 14. The number of hydrogen-bond acceptors (Lipinski definition) is 14. The zero-order chi connectivity index (χ0) is 46.1. The largest absolute Gasteiger partial charge is 0.395 e. The van der Waals surface area contributed by atoms with E-state index in [-0.39, 0.29) is 47.4 Å². The fourth-order valence-electron chi connectivity index (χ4n) is 6.78. The highest BCUT2D eigenvalue weighted by atomic mass is 32.2. The minimum Gasteiger partial charge on any atom is -0.395 e. The Balaban J connectivity index is 0.000000191. The predicted octanol–water partition coefficient (Wildman–Crippen LogP) is 1.47. The molecule has 2 atom stereocenters. The number of amides is 2. The number of aromatic nitrogens is 10. The average Bonchev–Trinajstić information content (AvgIpc) is 4.10. The Labute approximate surface area is 358 Å². The lowest BCUT2D eigenvalue weighted by molar-refractivity contribution is -0.135. The maximum Gasteiger partial charge on any atom is 0.286 e. The fraction of sp³-hybridized carbons (Fsp3) is 0.333. The van der Waals surface area contributed by atoms with Crippen LogP contribution >= 0.6 is 0 Å². The highest BCUT2D eigenvalue weighted by molar-refractivity contribution is 7.90. The summed E-state index contributed by atoms with van der Waals surface area (Å²) in [5.74, 6) is -5.02. The summed E-state index contributed by atoms with van der Waals surface area (Å²) in [6, 6.07) is 5.00. The first-order valence-electron chi connectivity index (χ1n) is 18.7. The number of hydrogen-bond donors (Lipinski definition) is 2. The van der Waals surface area contributed by atoms with Gasteiger partial charge in [0.1, 0.15) is 46.4 Å². The Bertz CT molecular complexity index is 2670. The normalized spacial score (nSPS) is 14.7. The summed E-state index contributed by atoms with van der Waals surface area (Å²) < 4.78 is 132. The molecule has 6 aromatic heterocycles. The summed E-state index contributed by atoms with van der Waals surface area (Å²) in [5.41, 5.74) is 1.14. The van der Waals surface area contributed by atoms with E-state index in [1.54, 1.807) is 0 Å². The zero-order valence-corrected chi connectivity index (χ0v) is 34.3. The van der Waals surface area contributed by atoms with Crippen LogP contribution in [0.5, 0.6) is 0 Å². The Morgan fingerprint density at radius 1 is 0.625 bits per heavy atom. The van der Waals surface area contributed by atoms with E-state index in [2.05, 4.69) is 30.4 Å². The Morgan fingerprint density at radius 2 is 1.02 bits per heavy atom. The molecule has 20 nitrogen and oxygen atoms in total. The lowest BCUT2D eigenvalue weighted by Gasteiger charge is -2.21. The summed E-state index contributed by atoms with van der Waals surface area (Å²) >= 11 is 0. The molecule has 0 spiro atoms. The molecule has 2 N–H and O–H groups in total. The van der Waals surface area contributed by atoms with E-state index in [1.165, 1.54) is 46.7 Å². The maximum atomic E-state index is 14.0. The fourth-order valence-corrected chi connectivity index (χ4v) is 9.03. The van der Waals surface area contributed by atoms with E-state index in [1.807, 2.05) is 0 Å². The van der Waals surface area contributed by atoms with Gasteiger partial charge in [-0.15, -0.1) is 0 Å². The van der Waals surface area contributed by atoms with Crippen molar-refractivity contribution < 1.29 is 63.0 Å². The van der Waals surface area contributed by atoms with Gasteiger partial charge in [0.25, 0.3) is 32.9 Å². The molecular formula is C36H34F6N12O8S2. The second-order valence-electron chi connectivity index (χ2n) is 14.1. The minimum absolute atomic E-state index is 0.000711. The van der Waals surface area contributed by atoms with Crippen LogP contribution in [-0.4, -0.2) is 123 Å². The van der Waals surface area contributed by atoms with Gasteiger partial charge >= 0.3 is 0 Å². The van der Waals surface area contributed by atoms with Crippen LogP contribution in [0.1, 0.15) is 45.7 Å². The van der Waals surface area contributed by atoms with Crippen LogP contribution in [0.15, 0.2) is 83.6 Å². The van der Waals surface area contributed by atoms with Gasteiger partial charge in [-0.05, 0) is 24.3 Å². The third-order valence-electron chi connectivity index (χ3n) is 9.89. The van der Waals surface area contributed by atoms with Gasteiger partial charge in [0.05, 0.1) is 61.5 Å². The Hall–Kier alpha value is -6.52. The topological polar surface area (TPSA) is 246 Å². The zero-order valence-electron chi connectivity index (χ0n) is 32.7. The van der Waals surface area contributed by atoms with E-state index in [0.29, 0.717) is 30.7 Å². The van der Waals surface area contributed by atoms with Crippen molar-refractivity contribution in [3.05, 3.63) is 119 Å². The molecular weight excluding hydrogens is 907 g/mol. The molecule has 8 heterocycles. The molecule has 0 aliphatic carbocycles. The summed E-state index contributed by atoms with van der Waals surface area (Å²) in [6.45, 7) is -2.90. The molecule has 28 heteroatoms. The smallest absolute Gasteiger partial charge is 0.286 e. The third kappa shape index (κ3) is 9.24. The first-order chi connectivity index (χ1) is 30.4. The number of halogens is 6. The lowest BCUT2D eigenvalue weighted by atomic mass is 10.0. The molecule has 0 fully saturated rings. The minimum atomic E-state index is -4.16. The van der Waals surface area contributed by atoms with Crippen LogP contribution in [0, 0.1) is 11.6 Å². The summed E-state index contributed by atoms with van der Waals surface area (Å²) in [6.07, 6.45) is 3.55. The molecule has 0 bridgehead atoms. The third-order valence-corrected chi connectivity index (χ3v) is 12.9. The molecule has 0 saturated heterocycles. The number of nitrogens with zero attached hydrogens (tertiary/aromatic N) is 12. The van der Waals surface area contributed by atoms with Crippen molar-refractivity contribution in [1.82, 2.24) is 57.7 Å². The molecule has 2 aliphatic rings. The van der Waals surface area contributed by atoms with E-state index in [4.69, 9.17) is 0 Å². The van der Waals surface area contributed by atoms with Gasteiger partial charge in [0, 0.05) is 61.4 Å². The van der Waals surface area contributed by atoms with Crippen LogP contribution in [0.2, 0.25) is 0 Å². The Morgan fingerprint density at radius 3 is 1.34 bits per heavy atom. The summed E-state index contributed by atoms with van der Waals surface area (Å²) in [4.78, 5) is 35.3. The van der Waals surface area contributed by atoms with Crippen molar-refractivity contribution in [2.24, 2.45) is 0 Å². The van der Waals surface area contributed by atoms with Crippen LogP contribution in [0.4, 0.5) is 26.3 Å². The number of aliphatic hydroxyl groups excluding tert-OH is 2. The maximum absolute atomic E-state index is 14.0. The van der Waals surface area contributed by atoms with Crippen molar-refractivity contribution in [2.75, 3.05) is 13.2 Å². The molecule has 0 unspecified atom stereocenters. The van der Waals surface area contributed by atoms with Gasteiger partial charge in [0.15, 0.2) is 0 Å². The van der Waals surface area contributed by atoms with E-state index in [0.717, 1.165) is 46.3 Å². The number of fused-ring (bicyclic) bond motifs is 2. The van der Waals surface area contributed by atoms with Crippen LogP contribution < -0.4 is 0 Å². The van der Waals surface area contributed by atoms with Crippen LogP contribution in [0.25, 0.3) is 0 Å². The van der Waals surface area contributed by atoms with E-state index < -0.39 is 94.5 Å². The molecule has 0 radical (unpaired) electrons. The van der Waals surface area contributed by atoms with Crippen molar-refractivity contribution in [2.45, 2.75) is 73.7 Å². The molecule has 340 valence electrons. The number of carbonyl (C=O) groups is 2.